The summed E-state index contributed by atoms with van der Waals surface area (Å²) in [6.45, 7) is 3.82. The molecule has 1 aromatic rings. The van der Waals surface area contributed by atoms with Crippen molar-refractivity contribution in [2.75, 3.05) is 13.2 Å². The van der Waals surface area contributed by atoms with E-state index in [0.717, 1.165) is 18.8 Å². The lowest BCUT2D eigenvalue weighted by molar-refractivity contribution is 0.263. The van der Waals surface area contributed by atoms with Gasteiger partial charge in [-0.15, -0.1) is 0 Å². The van der Waals surface area contributed by atoms with Gasteiger partial charge < -0.3 is 9.47 Å². The fraction of sp³-hybridized carbons (Fsp3) is 0.680. The summed E-state index contributed by atoms with van der Waals surface area (Å²) in [4.78, 5) is 0. The molecule has 27 heavy (non-hydrogen) atoms. The van der Waals surface area contributed by atoms with Gasteiger partial charge in [0, 0.05) is 0 Å². The van der Waals surface area contributed by atoms with Crippen molar-refractivity contribution in [3.05, 3.63) is 42.0 Å². The number of hydrogen-bond acceptors (Lipinski definition) is 2. The van der Waals surface area contributed by atoms with Gasteiger partial charge in [-0.05, 0) is 49.8 Å². The first-order valence-corrected chi connectivity index (χ1v) is 11.4. The molecule has 0 radical (unpaired) electrons. The Labute approximate surface area is 167 Å². The molecule has 1 aromatic carbocycles. The zero-order valence-corrected chi connectivity index (χ0v) is 17.5. The Bertz CT molecular complexity index is 488. The van der Waals surface area contributed by atoms with E-state index in [4.69, 9.17) is 9.47 Å². The molecule has 0 spiro atoms. The van der Waals surface area contributed by atoms with Crippen molar-refractivity contribution in [3.8, 4) is 5.75 Å². The highest BCUT2D eigenvalue weighted by Gasteiger charge is 2.22. The predicted octanol–water partition coefficient (Wildman–Crippen LogP) is 7.26. The quantitative estimate of drug-likeness (QED) is 0.163. The highest BCUT2D eigenvalue weighted by atomic mass is 16.6. The molecule has 2 rings (SSSR count). The number of unbranched alkanes of at least 4 members (excludes halogenated alkanes) is 10. The van der Waals surface area contributed by atoms with Crippen LogP contribution in [-0.4, -0.2) is 19.3 Å². The van der Waals surface area contributed by atoms with Crippen LogP contribution in [0.5, 0.6) is 5.75 Å². The molecule has 2 nitrogen and oxygen atoms in total. The number of hydrogen-bond donors (Lipinski definition) is 0. The van der Waals surface area contributed by atoms with Crippen LogP contribution in [0.15, 0.2) is 36.4 Å². The topological polar surface area (TPSA) is 21.8 Å². The van der Waals surface area contributed by atoms with E-state index in [1.165, 1.54) is 82.6 Å². The molecule has 1 fully saturated rings. The molecule has 152 valence electrons. The summed E-state index contributed by atoms with van der Waals surface area (Å²) in [5.74, 6) is 0.954. The molecule has 0 saturated carbocycles. The summed E-state index contributed by atoms with van der Waals surface area (Å²) in [6.07, 6.45) is 22.6. The molecule has 0 aromatic heterocycles. The normalized spacial score (nSPS) is 16.1. The molecule has 0 aliphatic carbocycles. The van der Waals surface area contributed by atoms with E-state index in [2.05, 4.69) is 43.3 Å². The summed E-state index contributed by atoms with van der Waals surface area (Å²) in [6, 6.07) is 8.54. The Morgan fingerprint density at radius 1 is 0.852 bits per heavy atom. The average Bonchev–Trinajstić information content (AvgIpc) is 3.52. The Hall–Kier alpha value is -1.28. The Kier molecular flexibility index (Phi) is 12.0. The smallest absolute Gasteiger partial charge is 0.119 e. The van der Waals surface area contributed by atoms with Gasteiger partial charge in [-0.2, -0.15) is 0 Å². The number of benzene rings is 1. The van der Waals surface area contributed by atoms with Crippen molar-refractivity contribution in [3.63, 3.8) is 0 Å². The van der Waals surface area contributed by atoms with Gasteiger partial charge in [-0.1, -0.05) is 82.6 Å². The van der Waals surface area contributed by atoms with Crippen LogP contribution < -0.4 is 4.74 Å². The van der Waals surface area contributed by atoms with E-state index in [-0.39, 0.29) is 0 Å². The highest BCUT2D eigenvalue weighted by molar-refractivity contribution is 5.27. The molecule has 0 amide bonds. The fourth-order valence-electron chi connectivity index (χ4n) is 3.34. The zero-order chi connectivity index (χ0) is 19.0. The predicted molar refractivity (Wildman–Crippen MR) is 116 cm³/mol. The van der Waals surface area contributed by atoms with Crippen LogP contribution in [0, 0.1) is 0 Å². The number of allylic oxidation sites excluding steroid dienone is 2. The monoisotopic (exact) mass is 372 g/mol. The van der Waals surface area contributed by atoms with Crippen molar-refractivity contribution >= 4 is 0 Å². The van der Waals surface area contributed by atoms with Crippen LogP contribution in [-0.2, 0) is 11.2 Å². The second kappa shape index (κ2) is 14.7. The van der Waals surface area contributed by atoms with Gasteiger partial charge in [-0.25, -0.2) is 0 Å². The molecule has 1 unspecified atom stereocenters. The van der Waals surface area contributed by atoms with E-state index in [9.17, 15) is 0 Å². The lowest BCUT2D eigenvalue weighted by atomic mass is 10.1. The van der Waals surface area contributed by atoms with E-state index >= 15 is 0 Å². The number of aryl methyl sites for hydroxylation is 1. The Morgan fingerprint density at radius 3 is 2.07 bits per heavy atom. The summed E-state index contributed by atoms with van der Waals surface area (Å²) in [5.41, 5.74) is 1.40. The van der Waals surface area contributed by atoms with Crippen LogP contribution >= 0.6 is 0 Å². The summed E-state index contributed by atoms with van der Waals surface area (Å²) >= 11 is 0. The van der Waals surface area contributed by atoms with Crippen molar-refractivity contribution in [1.29, 1.82) is 0 Å². The van der Waals surface area contributed by atoms with Crippen LogP contribution in [0.25, 0.3) is 0 Å². The standard InChI is InChI=1S/C25H40O2/c1-2-3-4-5-6-7-8-9-10-11-12-13-14-15-16-23-17-19-24(20-18-23)26-21-25-22-27-25/h12-13,17-20,25H,2-11,14-16,21-22H2,1H3/b13-12+. The van der Waals surface area contributed by atoms with Gasteiger partial charge in [0.25, 0.3) is 0 Å². The average molecular weight is 373 g/mol. The van der Waals surface area contributed by atoms with Gasteiger partial charge in [-0.3, -0.25) is 0 Å². The van der Waals surface area contributed by atoms with Gasteiger partial charge >= 0.3 is 0 Å². The van der Waals surface area contributed by atoms with Crippen molar-refractivity contribution in [2.24, 2.45) is 0 Å². The maximum atomic E-state index is 5.68. The number of epoxide rings is 1. The van der Waals surface area contributed by atoms with Gasteiger partial charge in [0.05, 0.1) is 6.61 Å². The first-order chi connectivity index (χ1) is 13.4. The summed E-state index contributed by atoms with van der Waals surface area (Å²) < 4.78 is 10.8. The lowest BCUT2D eigenvalue weighted by Crippen LogP contribution is -2.03. The second-order valence-electron chi connectivity index (χ2n) is 7.89. The SMILES string of the molecule is CCCCCCCCCCC/C=C/CCCc1ccc(OCC2CO2)cc1. The summed E-state index contributed by atoms with van der Waals surface area (Å²) in [7, 11) is 0. The lowest BCUT2D eigenvalue weighted by Gasteiger charge is -2.05. The second-order valence-corrected chi connectivity index (χ2v) is 7.89. The van der Waals surface area contributed by atoms with Gasteiger partial charge in [0.15, 0.2) is 0 Å². The third kappa shape index (κ3) is 11.9. The Balaban J connectivity index is 1.38. The van der Waals surface area contributed by atoms with E-state index in [0.29, 0.717) is 12.7 Å². The maximum Gasteiger partial charge on any atom is 0.119 e. The number of ether oxygens (including phenoxy) is 2. The van der Waals surface area contributed by atoms with Crippen molar-refractivity contribution in [1.82, 2.24) is 0 Å². The minimum Gasteiger partial charge on any atom is -0.491 e. The maximum absolute atomic E-state index is 5.68. The minimum atomic E-state index is 0.326. The van der Waals surface area contributed by atoms with E-state index in [1.54, 1.807) is 0 Å². The van der Waals surface area contributed by atoms with Gasteiger partial charge in [0.1, 0.15) is 18.5 Å². The van der Waals surface area contributed by atoms with Gasteiger partial charge in [0.2, 0.25) is 0 Å². The van der Waals surface area contributed by atoms with E-state index in [1.807, 2.05) is 0 Å². The third-order valence-electron chi connectivity index (χ3n) is 5.24. The van der Waals surface area contributed by atoms with Crippen LogP contribution in [0.3, 0.4) is 0 Å². The molecule has 1 aliphatic heterocycles. The molecule has 1 heterocycles. The molecule has 1 aliphatic rings. The van der Waals surface area contributed by atoms with Crippen LogP contribution in [0.4, 0.5) is 0 Å². The fourth-order valence-corrected chi connectivity index (χ4v) is 3.34. The third-order valence-corrected chi connectivity index (χ3v) is 5.24. The van der Waals surface area contributed by atoms with Crippen LogP contribution in [0.1, 0.15) is 89.5 Å². The molecule has 2 heteroatoms. The first-order valence-electron chi connectivity index (χ1n) is 11.4. The minimum absolute atomic E-state index is 0.326. The van der Waals surface area contributed by atoms with Crippen molar-refractivity contribution < 1.29 is 9.47 Å². The molecule has 1 saturated heterocycles. The molecule has 0 bridgehead atoms. The Morgan fingerprint density at radius 2 is 1.44 bits per heavy atom. The largest absolute Gasteiger partial charge is 0.491 e. The van der Waals surface area contributed by atoms with E-state index < -0.39 is 0 Å². The highest BCUT2D eigenvalue weighted by Crippen LogP contribution is 2.17. The summed E-state index contributed by atoms with van der Waals surface area (Å²) in [5, 5.41) is 0. The molecular formula is C25H40O2. The molecular weight excluding hydrogens is 332 g/mol. The molecule has 0 N–H and O–H groups in total. The zero-order valence-electron chi connectivity index (χ0n) is 17.5. The number of rotatable bonds is 17. The van der Waals surface area contributed by atoms with Crippen molar-refractivity contribution in [2.45, 2.75) is 96.5 Å². The van der Waals surface area contributed by atoms with Crippen LogP contribution in [0.2, 0.25) is 0 Å². The first kappa shape index (κ1) is 22.0. The molecule has 1 atom stereocenters.